The molecule has 30 heavy (non-hydrogen) atoms. The molecule has 5 rings (SSSR count). The maximum atomic E-state index is 12.6. The van der Waals surface area contributed by atoms with E-state index < -0.39 is 0 Å². The van der Waals surface area contributed by atoms with E-state index in [1.165, 1.54) is 6.33 Å². The molecule has 9 nitrogen and oxygen atoms in total. The van der Waals surface area contributed by atoms with Crippen LogP contribution in [0.4, 0.5) is 5.82 Å². The normalized spacial score (nSPS) is 16.0. The van der Waals surface area contributed by atoms with Crippen LogP contribution >= 0.6 is 0 Å². The SMILES string of the molecule is Cc1nn(-c2ncnc3nc[nH]c23)c2c1[C@@H](c1cccc(OC(C)C)c1)CC(=O)N2. The fraction of sp³-hybridized carbons (Fsp3) is 0.286. The highest BCUT2D eigenvalue weighted by Gasteiger charge is 2.33. The van der Waals surface area contributed by atoms with E-state index in [1.807, 2.05) is 45.0 Å². The molecule has 9 heteroatoms. The summed E-state index contributed by atoms with van der Waals surface area (Å²) in [5.74, 6) is 1.75. The number of hydrogen-bond donors (Lipinski definition) is 2. The summed E-state index contributed by atoms with van der Waals surface area (Å²) < 4.78 is 7.51. The summed E-state index contributed by atoms with van der Waals surface area (Å²) in [5, 5.41) is 7.69. The second-order valence-electron chi connectivity index (χ2n) is 7.60. The van der Waals surface area contributed by atoms with Crippen molar-refractivity contribution < 1.29 is 9.53 Å². The Morgan fingerprint density at radius 1 is 1.23 bits per heavy atom. The van der Waals surface area contributed by atoms with Crippen LogP contribution in [0.5, 0.6) is 5.75 Å². The van der Waals surface area contributed by atoms with Crippen molar-refractivity contribution in [1.82, 2.24) is 29.7 Å². The largest absolute Gasteiger partial charge is 0.491 e. The van der Waals surface area contributed by atoms with Gasteiger partial charge >= 0.3 is 0 Å². The predicted octanol–water partition coefficient (Wildman–Crippen LogP) is 3.11. The van der Waals surface area contributed by atoms with Gasteiger partial charge in [0.2, 0.25) is 5.91 Å². The number of carbonyl (C=O) groups excluding carboxylic acids is 1. The lowest BCUT2D eigenvalue weighted by Crippen LogP contribution is -2.25. The summed E-state index contributed by atoms with van der Waals surface area (Å²) in [7, 11) is 0. The Morgan fingerprint density at radius 3 is 2.93 bits per heavy atom. The zero-order valence-electron chi connectivity index (χ0n) is 16.9. The zero-order chi connectivity index (χ0) is 20.8. The molecule has 0 fully saturated rings. The minimum atomic E-state index is -0.127. The van der Waals surface area contributed by atoms with Gasteiger partial charge in [-0.05, 0) is 38.5 Å². The number of nitrogens with zero attached hydrogens (tertiary/aromatic N) is 5. The number of amides is 1. The molecule has 4 aromatic rings. The average Bonchev–Trinajstić information content (AvgIpc) is 3.31. The van der Waals surface area contributed by atoms with Crippen LogP contribution in [0.2, 0.25) is 0 Å². The van der Waals surface area contributed by atoms with Crippen molar-refractivity contribution >= 4 is 22.9 Å². The van der Waals surface area contributed by atoms with Crippen LogP contribution in [0, 0.1) is 6.92 Å². The van der Waals surface area contributed by atoms with Crippen LogP contribution < -0.4 is 10.1 Å². The number of aromatic nitrogens is 6. The first-order chi connectivity index (χ1) is 14.5. The third kappa shape index (κ3) is 2.99. The Kier molecular flexibility index (Phi) is 4.23. The number of carbonyl (C=O) groups is 1. The number of ether oxygens (including phenoxy) is 1. The number of imidazole rings is 1. The van der Waals surface area contributed by atoms with Crippen molar-refractivity contribution in [3.8, 4) is 11.6 Å². The van der Waals surface area contributed by atoms with Gasteiger partial charge in [0.15, 0.2) is 11.5 Å². The van der Waals surface area contributed by atoms with E-state index in [9.17, 15) is 4.79 Å². The van der Waals surface area contributed by atoms with Crippen molar-refractivity contribution in [2.24, 2.45) is 0 Å². The maximum absolute atomic E-state index is 12.6. The van der Waals surface area contributed by atoms with Gasteiger partial charge in [-0.15, -0.1) is 0 Å². The molecule has 1 amide bonds. The number of hydrogen-bond acceptors (Lipinski definition) is 6. The molecule has 1 aromatic carbocycles. The van der Waals surface area contributed by atoms with Crippen molar-refractivity contribution in [2.45, 2.75) is 39.2 Å². The smallest absolute Gasteiger partial charge is 0.226 e. The van der Waals surface area contributed by atoms with E-state index in [-0.39, 0.29) is 17.9 Å². The van der Waals surface area contributed by atoms with E-state index in [0.717, 1.165) is 22.6 Å². The Morgan fingerprint density at radius 2 is 2.10 bits per heavy atom. The van der Waals surface area contributed by atoms with Crippen LogP contribution in [0.3, 0.4) is 0 Å². The van der Waals surface area contributed by atoms with E-state index >= 15 is 0 Å². The number of anilines is 1. The molecule has 0 aliphatic carbocycles. The van der Waals surface area contributed by atoms with E-state index in [1.54, 1.807) is 11.0 Å². The highest BCUT2D eigenvalue weighted by Crippen LogP contribution is 2.41. The number of aromatic amines is 1. The van der Waals surface area contributed by atoms with Crippen LogP contribution in [0.15, 0.2) is 36.9 Å². The lowest BCUT2D eigenvalue weighted by atomic mass is 9.85. The van der Waals surface area contributed by atoms with Gasteiger partial charge in [-0.2, -0.15) is 9.78 Å². The van der Waals surface area contributed by atoms with Gasteiger partial charge in [0.25, 0.3) is 0 Å². The Bertz CT molecular complexity index is 1260. The van der Waals surface area contributed by atoms with Crippen molar-refractivity contribution in [1.29, 1.82) is 0 Å². The van der Waals surface area contributed by atoms with E-state index in [2.05, 4.69) is 25.3 Å². The van der Waals surface area contributed by atoms with Gasteiger partial charge < -0.3 is 15.0 Å². The topological polar surface area (TPSA) is 111 Å². The fourth-order valence-corrected chi connectivity index (χ4v) is 3.97. The summed E-state index contributed by atoms with van der Waals surface area (Å²) in [6.07, 6.45) is 3.42. The molecule has 2 N–H and O–H groups in total. The fourth-order valence-electron chi connectivity index (χ4n) is 3.97. The minimum Gasteiger partial charge on any atom is -0.491 e. The Labute approximate surface area is 172 Å². The molecule has 1 aliphatic rings. The second-order valence-corrected chi connectivity index (χ2v) is 7.60. The molecule has 0 radical (unpaired) electrons. The zero-order valence-corrected chi connectivity index (χ0v) is 16.9. The molecular formula is C21H21N7O2. The van der Waals surface area contributed by atoms with Crippen LogP contribution in [-0.4, -0.2) is 41.7 Å². The summed E-state index contributed by atoms with van der Waals surface area (Å²) in [6.45, 7) is 5.93. The number of aryl methyl sites for hydroxylation is 1. The molecule has 152 valence electrons. The van der Waals surface area contributed by atoms with Gasteiger partial charge in [-0.25, -0.2) is 15.0 Å². The third-order valence-electron chi connectivity index (χ3n) is 5.14. The van der Waals surface area contributed by atoms with Crippen molar-refractivity contribution in [3.63, 3.8) is 0 Å². The lowest BCUT2D eigenvalue weighted by Gasteiger charge is -2.25. The molecule has 1 aliphatic heterocycles. The number of fused-ring (bicyclic) bond motifs is 2. The molecule has 1 atom stereocenters. The second kappa shape index (κ2) is 6.94. The number of rotatable bonds is 4. The first-order valence-electron chi connectivity index (χ1n) is 9.81. The van der Waals surface area contributed by atoms with Crippen LogP contribution in [0.1, 0.15) is 43.0 Å². The van der Waals surface area contributed by atoms with E-state index in [0.29, 0.717) is 29.2 Å². The van der Waals surface area contributed by atoms with Gasteiger partial charge in [0, 0.05) is 17.9 Å². The molecule has 0 saturated heterocycles. The quantitative estimate of drug-likeness (QED) is 0.542. The summed E-state index contributed by atoms with van der Waals surface area (Å²) in [4.78, 5) is 28.4. The molecule has 0 spiro atoms. The predicted molar refractivity (Wildman–Crippen MR) is 111 cm³/mol. The minimum absolute atomic E-state index is 0.0706. The highest BCUT2D eigenvalue weighted by molar-refractivity contribution is 5.95. The summed E-state index contributed by atoms with van der Waals surface area (Å²) >= 11 is 0. The summed E-state index contributed by atoms with van der Waals surface area (Å²) in [6, 6.07) is 7.91. The van der Waals surface area contributed by atoms with Gasteiger partial charge in [-0.1, -0.05) is 12.1 Å². The van der Waals surface area contributed by atoms with E-state index in [4.69, 9.17) is 9.84 Å². The van der Waals surface area contributed by atoms with Gasteiger partial charge in [-0.3, -0.25) is 4.79 Å². The average molecular weight is 403 g/mol. The van der Waals surface area contributed by atoms with Gasteiger partial charge in [0.05, 0.1) is 18.1 Å². The lowest BCUT2D eigenvalue weighted by molar-refractivity contribution is -0.116. The molecular weight excluding hydrogens is 382 g/mol. The van der Waals surface area contributed by atoms with Crippen molar-refractivity contribution in [2.75, 3.05) is 5.32 Å². The third-order valence-corrected chi connectivity index (χ3v) is 5.14. The molecule has 0 unspecified atom stereocenters. The van der Waals surface area contributed by atoms with Crippen molar-refractivity contribution in [3.05, 3.63) is 53.7 Å². The summed E-state index contributed by atoms with van der Waals surface area (Å²) in [5.41, 5.74) is 4.02. The molecule has 0 bridgehead atoms. The van der Waals surface area contributed by atoms with Gasteiger partial charge in [0.1, 0.15) is 23.4 Å². The monoisotopic (exact) mass is 403 g/mol. The standard InChI is InChI=1S/C21H21N7O2/c1-11(2)30-14-6-4-5-13(7-14)15-8-16(29)26-20-17(15)12(3)27-28(20)21-18-19(23-9-22-18)24-10-25-21/h4-7,9-11,15H,8H2,1-3H3,(H,26,29)(H,22,23,24,25)/t15-/m1/s1. The Balaban J connectivity index is 1.65. The van der Waals surface area contributed by atoms with Crippen LogP contribution in [0.25, 0.3) is 17.0 Å². The number of H-pyrrole nitrogens is 1. The maximum Gasteiger partial charge on any atom is 0.226 e. The molecule has 3 aromatic heterocycles. The molecule has 4 heterocycles. The van der Waals surface area contributed by atoms with Crippen LogP contribution in [-0.2, 0) is 4.79 Å². The molecule has 0 saturated carbocycles. The Hall–Kier alpha value is -3.75. The first kappa shape index (κ1) is 18.3. The number of nitrogens with one attached hydrogen (secondary N) is 2. The first-order valence-corrected chi connectivity index (χ1v) is 9.81. The number of benzene rings is 1. The highest BCUT2D eigenvalue weighted by atomic mass is 16.5.